The number of nitriles is 1. The Kier molecular flexibility index (Phi) is 5.67. The molecule has 4 heterocycles. The lowest BCUT2D eigenvalue weighted by atomic mass is 10.1. The summed E-state index contributed by atoms with van der Waals surface area (Å²) in [4.78, 5) is 12.0. The minimum absolute atomic E-state index is 0.253. The van der Waals surface area contributed by atoms with Gasteiger partial charge in [0.15, 0.2) is 5.13 Å². The Bertz CT molecular complexity index is 977. The van der Waals surface area contributed by atoms with Gasteiger partial charge in [0.1, 0.15) is 34.9 Å². The summed E-state index contributed by atoms with van der Waals surface area (Å²) in [5, 5.41) is 12.8. The van der Waals surface area contributed by atoms with Gasteiger partial charge in [-0.15, -0.1) is 0 Å². The van der Waals surface area contributed by atoms with Crippen LogP contribution in [0.2, 0.25) is 0 Å². The highest BCUT2D eigenvalue weighted by Gasteiger charge is 2.28. The molecule has 1 atom stereocenters. The van der Waals surface area contributed by atoms with E-state index in [0.29, 0.717) is 16.6 Å². The van der Waals surface area contributed by atoms with Crippen LogP contribution in [0.25, 0.3) is 0 Å². The SMILES string of the molecule is COCc1ccc(CN2CCC[C@H]2c2cccc(Nc3ncc(C#N)s3)n2)o1. The molecule has 7 nitrogen and oxygen atoms in total. The number of pyridine rings is 1. The molecule has 4 rings (SSSR count). The number of hydrogen-bond donors (Lipinski definition) is 1. The van der Waals surface area contributed by atoms with Gasteiger partial charge in [-0.3, -0.25) is 4.90 Å². The van der Waals surface area contributed by atoms with E-state index in [0.717, 1.165) is 49.0 Å². The maximum atomic E-state index is 8.94. The van der Waals surface area contributed by atoms with Crippen molar-refractivity contribution in [3.63, 3.8) is 0 Å². The quantitative estimate of drug-likeness (QED) is 0.640. The standard InChI is InChI=1S/C20H21N5O2S/c1-26-13-15-8-7-14(27-15)12-25-9-3-5-18(25)17-4-2-6-19(23-17)24-20-22-11-16(10-21)28-20/h2,4,6-8,11,18H,3,5,9,12-13H2,1H3,(H,22,23,24)/t18-/m0/s1. The minimum Gasteiger partial charge on any atom is -0.462 e. The second-order valence-corrected chi connectivity index (χ2v) is 7.67. The number of rotatable bonds is 7. The smallest absolute Gasteiger partial charge is 0.189 e. The highest BCUT2D eigenvalue weighted by molar-refractivity contribution is 7.16. The topological polar surface area (TPSA) is 87.2 Å². The van der Waals surface area contributed by atoms with Crippen molar-refractivity contribution in [2.24, 2.45) is 0 Å². The van der Waals surface area contributed by atoms with Crippen molar-refractivity contribution in [2.75, 3.05) is 19.0 Å². The highest BCUT2D eigenvalue weighted by Crippen LogP contribution is 2.33. The number of hydrogen-bond acceptors (Lipinski definition) is 8. The van der Waals surface area contributed by atoms with Gasteiger partial charge in [-0.1, -0.05) is 17.4 Å². The fraction of sp³-hybridized carbons (Fsp3) is 0.350. The molecule has 0 radical (unpaired) electrons. The number of likely N-dealkylation sites (tertiary alicyclic amines) is 1. The molecule has 0 amide bonds. The lowest BCUT2D eigenvalue weighted by Crippen LogP contribution is -2.23. The van der Waals surface area contributed by atoms with E-state index in [1.165, 1.54) is 11.3 Å². The fourth-order valence-electron chi connectivity index (χ4n) is 3.48. The van der Waals surface area contributed by atoms with Crippen LogP contribution in [0.15, 0.2) is 40.9 Å². The van der Waals surface area contributed by atoms with Crippen LogP contribution in [0, 0.1) is 11.3 Å². The van der Waals surface area contributed by atoms with Gasteiger partial charge >= 0.3 is 0 Å². The van der Waals surface area contributed by atoms with Gasteiger partial charge in [0, 0.05) is 7.11 Å². The Labute approximate surface area is 167 Å². The first-order valence-corrected chi connectivity index (χ1v) is 9.97. The van der Waals surface area contributed by atoms with Crippen LogP contribution in [0.4, 0.5) is 10.9 Å². The number of anilines is 2. The third kappa shape index (κ3) is 4.22. The summed E-state index contributed by atoms with van der Waals surface area (Å²) in [6.45, 7) is 2.26. The first-order valence-electron chi connectivity index (χ1n) is 9.15. The average Bonchev–Trinajstić information content (AvgIpc) is 3.44. The van der Waals surface area contributed by atoms with Gasteiger partial charge in [0.2, 0.25) is 0 Å². The van der Waals surface area contributed by atoms with Crippen LogP contribution in [0.3, 0.4) is 0 Å². The van der Waals surface area contributed by atoms with Crippen LogP contribution in [-0.4, -0.2) is 28.5 Å². The van der Waals surface area contributed by atoms with E-state index in [9.17, 15) is 0 Å². The van der Waals surface area contributed by atoms with Crippen LogP contribution in [0.1, 0.15) is 41.0 Å². The first kappa shape index (κ1) is 18.6. The molecule has 3 aromatic rings. The Morgan fingerprint density at radius 1 is 1.36 bits per heavy atom. The zero-order valence-electron chi connectivity index (χ0n) is 15.6. The molecule has 1 fully saturated rings. The maximum Gasteiger partial charge on any atom is 0.189 e. The summed E-state index contributed by atoms with van der Waals surface area (Å²) < 4.78 is 11.0. The van der Waals surface area contributed by atoms with Gasteiger partial charge in [-0.05, 0) is 43.7 Å². The maximum absolute atomic E-state index is 8.94. The Morgan fingerprint density at radius 3 is 3.07 bits per heavy atom. The molecule has 1 aliphatic heterocycles. The fourth-order valence-corrected chi connectivity index (χ4v) is 4.10. The zero-order chi connectivity index (χ0) is 19.3. The average molecular weight is 395 g/mol. The third-order valence-corrected chi connectivity index (χ3v) is 5.51. The van der Waals surface area contributed by atoms with Crippen molar-refractivity contribution in [3.8, 4) is 6.07 Å². The molecule has 0 saturated carbocycles. The molecule has 0 bridgehead atoms. The van der Waals surface area contributed by atoms with Crippen molar-refractivity contribution in [1.29, 1.82) is 5.26 Å². The van der Waals surface area contributed by atoms with E-state index >= 15 is 0 Å². The van der Waals surface area contributed by atoms with E-state index in [1.807, 2.05) is 24.3 Å². The molecule has 0 aromatic carbocycles. The zero-order valence-corrected chi connectivity index (χ0v) is 16.4. The van der Waals surface area contributed by atoms with Gasteiger partial charge in [-0.25, -0.2) is 9.97 Å². The normalized spacial score (nSPS) is 16.9. The largest absolute Gasteiger partial charge is 0.462 e. The molecule has 1 aliphatic rings. The monoisotopic (exact) mass is 395 g/mol. The van der Waals surface area contributed by atoms with Gasteiger partial charge in [0.25, 0.3) is 0 Å². The summed E-state index contributed by atoms with van der Waals surface area (Å²) in [5.41, 5.74) is 1.03. The molecule has 0 unspecified atom stereocenters. The van der Waals surface area contributed by atoms with Crippen LogP contribution in [0.5, 0.6) is 0 Å². The molecular weight excluding hydrogens is 374 g/mol. The molecular formula is C20H21N5O2S. The van der Waals surface area contributed by atoms with Crippen LogP contribution >= 0.6 is 11.3 Å². The summed E-state index contributed by atoms with van der Waals surface area (Å²) >= 11 is 1.32. The molecule has 1 saturated heterocycles. The lowest BCUT2D eigenvalue weighted by Gasteiger charge is -2.23. The van der Waals surface area contributed by atoms with Gasteiger partial charge in [0.05, 0.1) is 24.5 Å². The molecule has 28 heavy (non-hydrogen) atoms. The van der Waals surface area contributed by atoms with E-state index in [2.05, 4.69) is 27.3 Å². The first-order chi connectivity index (χ1) is 13.7. The van der Waals surface area contributed by atoms with E-state index in [4.69, 9.17) is 19.4 Å². The Balaban J connectivity index is 1.46. The van der Waals surface area contributed by atoms with Crippen molar-refractivity contribution >= 4 is 22.3 Å². The number of thiazole rings is 1. The molecule has 8 heteroatoms. The van der Waals surface area contributed by atoms with Gasteiger partial charge < -0.3 is 14.5 Å². The second-order valence-electron chi connectivity index (χ2n) is 6.64. The summed E-state index contributed by atoms with van der Waals surface area (Å²) in [6, 6.07) is 12.3. The van der Waals surface area contributed by atoms with E-state index in [1.54, 1.807) is 13.3 Å². The number of aromatic nitrogens is 2. The number of ether oxygens (including phenoxy) is 1. The number of nitrogens with one attached hydrogen (secondary N) is 1. The number of methoxy groups -OCH3 is 1. The number of furan rings is 1. The van der Waals surface area contributed by atoms with Crippen LogP contribution < -0.4 is 5.32 Å². The lowest BCUT2D eigenvalue weighted by molar-refractivity contribution is 0.158. The summed E-state index contributed by atoms with van der Waals surface area (Å²) in [7, 11) is 1.66. The molecule has 3 aromatic heterocycles. The van der Waals surface area contributed by atoms with Crippen molar-refractivity contribution in [1.82, 2.24) is 14.9 Å². The van der Waals surface area contributed by atoms with Gasteiger partial charge in [-0.2, -0.15) is 5.26 Å². The van der Waals surface area contributed by atoms with Crippen molar-refractivity contribution in [2.45, 2.75) is 32.0 Å². The van der Waals surface area contributed by atoms with E-state index < -0.39 is 0 Å². The number of nitrogens with zero attached hydrogens (tertiary/aromatic N) is 4. The predicted octanol–water partition coefficient (Wildman–Crippen LogP) is 4.23. The third-order valence-electron chi connectivity index (χ3n) is 4.69. The van der Waals surface area contributed by atoms with Crippen molar-refractivity contribution < 1.29 is 9.15 Å². The molecule has 144 valence electrons. The van der Waals surface area contributed by atoms with Crippen molar-refractivity contribution in [3.05, 3.63) is 58.6 Å². The summed E-state index contributed by atoms with van der Waals surface area (Å²) in [6.07, 6.45) is 3.77. The molecule has 1 N–H and O–H groups in total. The molecule has 0 spiro atoms. The Morgan fingerprint density at radius 2 is 2.25 bits per heavy atom. The Hall–Kier alpha value is -2.73. The second kappa shape index (κ2) is 8.52. The highest BCUT2D eigenvalue weighted by atomic mass is 32.1. The predicted molar refractivity (Wildman–Crippen MR) is 106 cm³/mol. The molecule has 0 aliphatic carbocycles. The van der Waals surface area contributed by atoms with E-state index in [-0.39, 0.29) is 6.04 Å². The van der Waals surface area contributed by atoms with Crippen LogP contribution in [-0.2, 0) is 17.9 Å². The minimum atomic E-state index is 0.253. The summed E-state index contributed by atoms with van der Waals surface area (Å²) in [5.74, 6) is 2.53.